The van der Waals surface area contributed by atoms with E-state index in [-0.39, 0.29) is 17.3 Å². The zero-order valence-electron chi connectivity index (χ0n) is 10.1. The van der Waals surface area contributed by atoms with Crippen molar-refractivity contribution in [2.75, 3.05) is 26.2 Å². The predicted octanol–water partition coefficient (Wildman–Crippen LogP) is 0.404. The molecule has 1 aliphatic heterocycles. The van der Waals surface area contributed by atoms with Crippen molar-refractivity contribution in [3.8, 4) is 5.88 Å². The van der Waals surface area contributed by atoms with Gasteiger partial charge < -0.3 is 9.47 Å². The zero-order chi connectivity index (χ0) is 13.5. The molecule has 0 radical (unpaired) electrons. The highest BCUT2D eigenvalue weighted by molar-refractivity contribution is 6.18. The van der Waals surface area contributed by atoms with Gasteiger partial charge in [-0.2, -0.15) is 4.98 Å². The maximum atomic E-state index is 14.6. The molecule has 1 aromatic heterocycles. The summed E-state index contributed by atoms with van der Waals surface area (Å²) in [5, 5.41) is 0. The number of alkyl halides is 1. The molecular weight excluding hydrogens is 243 g/mol. The molecule has 6 nitrogen and oxygen atoms in total. The highest BCUT2D eigenvalue weighted by Gasteiger charge is 2.58. The molecule has 2 rings (SSSR count). The highest BCUT2D eigenvalue weighted by atomic mass is 19.1. The normalized spacial score (nSPS) is 21.8. The molecule has 1 amide bonds. The Balaban J connectivity index is 2.63. The van der Waals surface area contributed by atoms with Crippen molar-refractivity contribution >= 4 is 17.7 Å². The van der Waals surface area contributed by atoms with E-state index < -0.39 is 17.5 Å². The van der Waals surface area contributed by atoms with Gasteiger partial charge in [-0.1, -0.05) is 0 Å². The molecule has 0 aromatic carbocycles. The first-order valence-corrected chi connectivity index (χ1v) is 5.07. The van der Waals surface area contributed by atoms with Gasteiger partial charge in [-0.3, -0.25) is 9.69 Å². The Morgan fingerprint density at radius 2 is 2.11 bits per heavy atom. The average molecular weight is 254 g/mol. The van der Waals surface area contributed by atoms with Crippen LogP contribution in [0.25, 0.3) is 0 Å². The summed E-state index contributed by atoms with van der Waals surface area (Å²) in [5.74, 6) is -2.01. The van der Waals surface area contributed by atoms with Crippen LogP contribution in [0.3, 0.4) is 0 Å². The topological polar surface area (TPSA) is 68.7 Å². The van der Waals surface area contributed by atoms with Gasteiger partial charge in [0, 0.05) is 13.1 Å². The summed E-state index contributed by atoms with van der Waals surface area (Å²) >= 11 is 0. The van der Waals surface area contributed by atoms with E-state index in [1.54, 1.807) is 0 Å². The largest absolute Gasteiger partial charge is 0.481 e. The number of aromatic nitrogens is 1. The second kappa shape index (κ2) is 3.94. The van der Waals surface area contributed by atoms with Gasteiger partial charge in [0.2, 0.25) is 5.88 Å². The summed E-state index contributed by atoms with van der Waals surface area (Å²) < 4.78 is 23.9. The molecule has 1 unspecified atom stereocenters. The standard InChI is InChI=1S/C11H11FN2O4/c1-14-8-6(4-5-7(13-8)17-2)11(12,9(14)15)10(16)18-3/h4-5H,1-3H3. The van der Waals surface area contributed by atoms with Crippen molar-refractivity contribution in [2.45, 2.75) is 5.67 Å². The number of carbonyl (C=O) groups is 2. The van der Waals surface area contributed by atoms with E-state index in [9.17, 15) is 14.0 Å². The Hall–Kier alpha value is -2.18. The molecular formula is C11H11FN2O4. The third-order valence-corrected chi connectivity index (χ3v) is 2.81. The van der Waals surface area contributed by atoms with Crippen molar-refractivity contribution in [3.05, 3.63) is 17.7 Å². The van der Waals surface area contributed by atoms with Gasteiger partial charge in [-0.25, -0.2) is 9.18 Å². The summed E-state index contributed by atoms with van der Waals surface area (Å²) in [4.78, 5) is 28.3. The number of hydrogen-bond acceptors (Lipinski definition) is 5. The van der Waals surface area contributed by atoms with Crippen LogP contribution in [-0.2, 0) is 20.0 Å². The number of halogens is 1. The molecule has 1 atom stereocenters. The summed E-state index contributed by atoms with van der Waals surface area (Å²) in [6.07, 6.45) is 0. The number of anilines is 1. The Morgan fingerprint density at radius 1 is 1.44 bits per heavy atom. The van der Waals surface area contributed by atoms with E-state index in [1.165, 1.54) is 26.3 Å². The molecule has 7 heteroatoms. The number of carbonyl (C=O) groups excluding carboxylic acids is 2. The second-order valence-electron chi connectivity index (χ2n) is 3.74. The average Bonchev–Trinajstić information content (AvgIpc) is 2.60. The third-order valence-electron chi connectivity index (χ3n) is 2.81. The minimum atomic E-state index is -2.84. The summed E-state index contributed by atoms with van der Waals surface area (Å²) in [7, 11) is 3.75. The summed E-state index contributed by atoms with van der Waals surface area (Å²) in [6, 6.07) is 2.67. The lowest BCUT2D eigenvalue weighted by atomic mass is 9.99. The minimum absolute atomic E-state index is 0.0484. The van der Waals surface area contributed by atoms with Gasteiger partial charge in [0.05, 0.1) is 19.8 Å². The van der Waals surface area contributed by atoms with Crippen LogP contribution in [0.15, 0.2) is 12.1 Å². The summed E-state index contributed by atoms with van der Waals surface area (Å²) in [5.41, 5.74) is -2.97. The molecule has 1 aromatic rings. The molecule has 96 valence electrons. The number of hydrogen-bond donors (Lipinski definition) is 0. The number of likely N-dealkylation sites (N-methyl/N-ethyl adjacent to an activating group) is 1. The van der Waals surface area contributed by atoms with Gasteiger partial charge in [-0.05, 0) is 6.07 Å². The quantitative estimate of drug-likeness (QED) is 0.564. The van der Waals surface area contributed by atoms with Crippen molar-refractivity contribution < 1.29 is 23.5 Å². The first-order valence-electron chi connectivity index (χ1n) is 5.07. The molecule has 2 heterocycles. The van der Waals surface area contributed by atoms with Crippen molar-refractivity contribution in [2.24, 2.45) is 0 Å². The maximum absolute atomic E-state index is 14.6. The van der Waals surface area contributed by atoms with Crippen LogP contribution in [0.2, 0.25) is 0 Å². The minimum Gasteiger partial charge on any atom is -0.481 e. The van der Waals surface area contributed by atoms with Gasteiger partial charge in [0.25, 0.3) is 5.91 Å². The van der Waals surface area contributed by atoms with E-state index in [0.717, 1.165) is 12.0 Å². The predicted molar refractivity (Wildman–Crippen MR) is 59.0 cm³/mol. The fourth-order valence-electron chi connectivity index (χ4n) is 1.85. The third kappa shape index (κ3) is 1.36. The molecule has 0 spiro atoms. The van der Waals surface area contributed by atoms with Crippen LogP contribution in [0.5, 0.6) is 5.88 Å². The number of pyridine rings is 1. The van der Waals surface area contributed by atoms with Gasteiger partial charge in [-0.15, -0.1) is 0 Å². The SMILES string of the molecule is COC(=O)C1(F)C(=O)N(C)c2nc(OC)ccc21. The number of methoxy groups -OCH3 is 2. The number of esters is 1. The Morgan fingerprint density at radius 3 is 2.67 bits per heavy atom. The highest BCUT2D eigenvalue weighted by Crippen LogP contribution is 2.42. The van der Waals surface area contributed by atoms with Crippen LogP contribution < -0.4 is 9.64 Å². The summed E-state index contributed by atoms with van der Waals surface area (Å²) in [6.45, 7) is 0. The lowest BCUT2D eigenvalue weighted by molar-refractivity contribution is -0.159. The first kappa shape index (κ1) is 12.3. The monoisotopic (exact) mass is 254 g/mol. The number of amides is 1. The van der Waals surface area contributed by atoms with Crippen LogP contribution in [0.1, 0.15) is 5.56 Å². The van der Waals surface area contributed by atoms with Crippen LogP contribution in [-0.4, -0.2) is 38.1 Å². The fraction of sp³-hybridized carbons (Fsp3) is 0.364. The Kier molecular flexibility index (Phi) is 2.68. The molecule has 0 fully saturated rings. The smallest absolute Gasteiger partial charge is 0.358 e. The Bertz CT molecular complexity index is 534. The number of fused-ring (bicyclic) bond motifs is 1. The molecule has 0 saturated heterocycles. The lowest BCUT2D eigenvalue weighted by Crippen LogP contribution is -2.42. The van der Waals surface area contributed by atoms with E-state index in [1.807, 2.05) is 0 Å². The van der Waals surface area contributed by atoms with Crippen molar-refractivity contribution in [3.63, 3.8) is 0 Å². The molecule has 0 bridgehead atoms. The molecule has 0 N–H and O–H groups in total. The second-order valence-corrected chi connectivity index (χ2v) is 3.74. The molecule has 18 heavy (non-hydrogen) atoms. The van der Waals surface area contributed by atoms with E-state index in [2.05, 4.69) is 9.72 Å². The number of nitrogens with zero attached hydrogens (tertiary/aromatic N) is 2. The van der Waals surface area contributed by atoms with Gasteiger partial charge >= 0.3 is 11.6 Å². The molecule has 1 aliphatic rings. The number of rotatable bonds is 2. The molecule has 0 saturated carbocycles. The number of ether oxygens (including phenoxy) is 2. The van der Waals surface area contributed by atoms with Gasteiger partial charge in [0.1, 0.15) is 5.82 Å². The van der Waals surface area contributed by atoms with Crippen LogP contribution in [0, 0.1) is 0 Å². The zero-order valence-corrected chi connectivity index (χ0v) is 10.1. The van der Waals surface area contributed by atoms with E-state index in [0.29, 0.717) is 0 Å². The van der Waals surface area contributed by atoms with E-state index >= 15 is 0 Å². The van der Waals surface area contributed by atoms with Crippen LogP contribution in [0.4, 0.5) is 10.2 Å². The van der Waals surface area contributed by atoms with Crippen LogP contribution >= 0.6 is 0 Å². The van der Waals surface area contributed by atoms with Crippen molar-refractivity contribution in [1.29, 1.82) is 0 Å². The molecule has 0 aliphatic carbocycles. The van der Waals surface area contributed by atoms with Gasteiger partial charge in [0.15, 0.2) is 0 Å². The Labute approximate surface area is 102 Å². The lowest BCUT2D eigenvalue weighted by Gasteiger charge is -2.15. The first-order chi connectivity index (χ1) is 8.46. The van der Waals surface area contributed by atoms with E-state index in [4.69, 9.17) is 4.74 Å². The van der Waals surface area contributed by atoms with Crippen molar-refractivity contribution in [1.82, 2.24) is 4.98 Å². The maximum Gasteiger partial charge on any atom is 0.358 e. The fourth-order valence-corrected chi connectivity index (χ4v) is 1.85.